The number of likely N-dealkylation sites (N-methyl/N-ethyl adjacent to an activating group) is 2. The van der Waals surface area contributed by atoms with Crippen LogP contribution >= 0.6 is 0 Å². The number of carboxylic acid groups (broad SMARTS) is 1. The predicted molar refractivity (Wildman–Crippen MR) is 77.0 cm³/mol. The molecule has 8 heteroatoms. The summed E-state index contributed by atoms with van der Waals surface area (Å²) < 4.78 is 0. The molecule has 120 valence electrons. The van der Waals surface area contributed by atoms with Crippen LogP contribution in [0.5, 0.6) is 0 Å². The van der Waals surface area contributed by atoms with Gasteiger partial charge >= 0.3 is 12.0 Å². The van der Waals surface area contributed by atoms with Crippen LogP contribution in [0.1, 0.15) is 13.3 Å². The minimum absolute atomic E-state index is 0.00222. The van der Waals surface area contributed by atoms with Crippen molar-refractivity contribution in [3.8, 4) is 0 Å². The topological polar surface area (TPSA) is 93.2 Å². The molecule has 0 spiro atoms. The summed E-state index contributed by atoms with van der Waals surface area (Å²) in [6, 6.07) is -0.168. The van der Waals surface area contributed by atoms with Gasteiger partial charge in [-0.15, -0.1) is 0 Å². The summed E-state index contributed by atoms with van der Waals surface area (Å²) in [5.41, 5.74) is 0. The fourth-order valence-electron chi connectivity index (χ4n) is 2.28. The zero-order valence-corrected chi connectivity index (χ0v) is 12.7. The van der Waals surface area contributed by atoms with E-state index in [2.05, 4.69) is 5.32 Å². The van der Waals surface area contributed by atoms with Gasteiger partial charge in [0, 0.05) is 39.8 Å². The van der Waals surface area contributed by atoms with Gasteiger partial charge in [-0.2, -0.15) is 0 Å². The number of carbonyl (C=O) groups is 3. The zero-order chi connectivity index (χ0) is 15.8. The number of aliphatic carboxylic acids is 1. The van der Waals surface area contributed by atoms with E-state index < -0.39 is 5.97 Å². The van der Waals surface area contributed by atoms with Crippen molar-refractivity contribution in [3.63, 3.8) is 0 Å². The van der Waals surface area contributed by atoms with Gasteiger partial charge in [0.1, 0.15) is 6.54 Å². The highest BCUT2D eigenvalue weighted by atomic mass is 16.4. The Hall–Kier alpha value is -1.83. The first kappa shape index (κ1) is 17.2. The molecule has 3 amide bonds. The van der Waals surface area contributed by atoms with E-state index in [1.165, 1.54) is 11.9 Å². The van der Waals surface area contributed by atoms with Gasteiger partial charge in [-0.25, -0.2) is 4.79 Å². The van der Waals surface area contributed by atoms with Crippen molar-refractivity contribution >= 4 is 17.9 Å². The third kappa shape index (κ3) is 5.58. The number of carbonyl (C=O) groups excluding carboxylic acids is 2. The maximum atomic E-state index is 12.4. The van der Waals surface area contributed by atoms with Crippen LogP contribution in [0.2, 0.25) is 0 Å². The van der Waals surface area contributed by atoms with E-state index in [1.54, 1.807) is 4.90 Å². The predicted octanol–water partition coefficient (Wildman–Crippen LogP) is -0.733. The monoisotopic (exact) mass is 300 g/mol. The molecule has 0 bridgehead atoms. The number of nitrogens with one attached hydrogen (secondary N) is 1. The number of nitrogens with zero attached hydrogens (tertiary/aromatic N) is 3. The van der Waals surface area contributed by atoms with E-state index in [0.717, 1.165) is 6.42 Å². The minimum atomic E-state index is -0.857. The number of hydrogen-bond acceptors (Lipinski definition) is 4. The minimum Gasteiger partial charge on any atom is -0.480 e. The van der Waals surface area contributed by atoms with Crippen LogP contribution in [0, 0.1) is 0 Å². The molecule has 0 atom stereocenters. The molecule has 0 aromatic carbocycles. The van der Waals surface area contributed by atoms with Crippen molar-refractivity contribution in [1.29, 1.82) is 0 Å². The molecule has 0 saturated carbocycles. The Morgan fingerprint density at radius 1 is 1.19 bits per heavy atom. The van der Waals surface area contributed by atoms with Crippen molar-refractivity contribution in [2.45, 2.75) is 13.3 Å². The molecule has 0 unspecified atom stereocenters. The molecule has 0 aromatic heterocycles. The summed E-state index contributed by atoms with van der Waals surface area (Å²) >= 11 is 0. The smallest absolute Gasteiger partial charge is 0.320 e. The Bertz CT molecular complexity index is 388. The number of carboxylic acids is 1. The molecule has 1 saturated heterocycles. The summed E-state index contributed by atoms with van der Waals surface area (Å²) in [5, 5.41) is 11.3. The van der Waals surface area contributed by atoms with Crippen molar-refractivity contribution in [1.82, 2.24) is 20.0 Å². The van der Waals surface area contributed by atoms with E-state index in [1.807, 2.05) is 11.8 Å². The first-order valence-electron chi connectivity index (χ1n) is 7.16. The molecule has 1 aliphatic rings. The highest BCUT2D eigenvalue weighted by Crippen LogP contribution is 2.06. The summed E-state index contributed by atoms with van der Waals surface area (Å²) in [6.07, 6.45) is 0.733. The maximum absolute atomic E-state index is 12.4. The normalized spacial score (nSPS) is 16.2. The molecule has 1 heterocycles. The SMILES string of the molecule is CCN(CC(=O)NC)C(=O)N1CCCN(CC(=O)O)CC1. The number of hydrogen-bond donors (Lipinski definition) is 2. The zero-order valence-electron chi connectivity index (χ0n) is 12.7. The number of urea groups is 1. The molecule has 21 heavy (non-hydrogen) atoms. The lowest BCUT2D eigenvalue weighted by atomic mass is 10.4. The van der Waals surface area contributed by atoms with Gasteiger partial charge in [-0.3, -0.25) is 14.5 Å². The molecular weight excluding hydrogens is 276 g/mol. The number of amides is 3. The molecule has 2 N–H and O–H groups in total. The second-order valence-corrected chi connectivity index (χ2v) is 4.98. The van der Waals surface area contributed by atoms with Gasteiger partial charge < -0.3 is 20.2 Å². The van der Waals surface area contributed by atoms with E-state index in [-0.39, 0.29) is 25.0 Å². The highest BCUT2D eigenvalue weighted by molar-refractivity contribution is 5.83. The van der Waals surface area contributed by atoms with E-state index in [4.69, 9.17) is 5.11 Å². The maximum Gasteiger partial charge on any atom is 0.320 e. The van der Waals surface area contributed by atoms with Crippen LogP contribution in [-0.4, -0.2) is 90.6 Å². The Balaban J connectivity index is 2.57. The van der Waals surface area contributed by atoms with Gasteiger partial charge in [-0.1, -0.05) is 0 Å². The van der Waals surface area contributed by atoms with E-state index in [9.17, 15) is 14.4 Å². The van der Waals surface area contributed by atoms with Crippen LogP contribution in [-0.2, 0) is 9.59 Å². The van der Waals surface area contributed by atoms with Crippen molar-refractivity contribution < 1.29 is 19.5 Å². The Morgan fingerprint density at radius 3 is 2.48 bits per heavy atom. The van der Waals surface area contributed by atoms with Gasteiger partial charge in [0.15, 0.2) is 0 Å². The lowest BCUT2D eigenvalue weighted by Gasteiger charge is -2.28. The molecule has 0 radical (unpaired) electrons. The summed E-state index contributed by atoms with van der Waals surface area (Å²) in [4.78, 5) is 39.5. The van der Waals surface area contributed by atoms with Crippen molar-refractivity contribution in [2.24, 2.45) is 0 Å². The van der Waals surface area contributed by atoms with Gasteiger partial charge in [0.2, 0.25) is 5.91 Å². The first-order chi connectivity index (χ1) is 9.97. The van der Waals surface area contributed by atoms with Crippen LogP contribution in [0.25, 0.3) is 0 Å². The Morgan fingerprint density at radius 2 is 1.90 bits per heavy atom. The van der Waals surface area contributed by atoms with Gasteiger partial charge in [0.25, 0.3) is 0 Å². The standard InChI is InChI=1S/C13H24N4O4/c1-3-16(9-11(18)14-2)13(21)17-6-4-5-15(7-8-17)10-12(19)20/h3-10H2,1-2H3,(H,14,18)(H,19,20). The molecule has 8 nitrogen and oxygen atoms in total. The quantitative estimate of drug-likeness (QED) is 0.698. The van der Waals surface area contributed by atoms with Crippen LogP contribution in [0.15, 0.2) is 0 Å². The second kappa shape index (κ2) is 8.46. The average molecular weight is 300 g/mol. The Kier molecular flexibility index (Phi) is 6.93. The van der Waals surface area contributed by atoms with Crippen LogP contribution in [0.3, 0.4) is 0 Å². The molecule has 1 aliphatic heterocycles. The molecule has 1 fully saturated rings. The third-order valence-electron chi connectivity index (χ3n) is 3.48. The summed E-state index contributed by atoms with van der Waals surface area (Å²) in [7, 11) is 1.54. The Labute approximate surface area is 124 Å². The van der Waals surface area contributed by atoms with Crippen molar-refractivity contribution in [2.75, 3.05) is 52.9 Å². The summed E-state index contributed by atoms with van der Waals surface area (Å²) in [6.45, 7) is 4.60. The molecular formula is C13H24N4O4. The van der Waals surface area contributed by atoms with Gasteiger partial charge in [-0.05, 0) is 13.3 Å². The van der Waals surface area contributed by atoms with E-state index in [0.29, 0.717) is 32.7 Å². The average Bonchev–Trinajstić information content (AvgIpc) is 2.68. The highest BCUT2D eigenvalue weighted by Gasteiger charge is 2.24. The summed E-state index contributed by atoms with van der Waals surface area (Å²) in [5.74, 6) is -1.06. The number of rotatable bonds is 5. The fraction of sp³-hybridized carbons (Fsp3) is 0.769. The lowest BCUT2D eigenvalue weighted by molar-refractivity contribution is -0.138. The van der Waals surface area contributed by atoms with E-state index >= 15 is 0 Å². The third-order valence-corrected chi connectivity index (χ3v) is 3.48. The largest absolute Gasteiger partial charge is 0.480 e. The van der Waals surface area contributed by atoms with Gasteiger partial charge in [0.05, 0.1) is 6.54 Å². The first-order valence-corrected chi connectivity index (χ1v) is 7.16. The van der Waals surface area contributed by atoms with Crippen molar-refractivity contribution in [3.05, 3.63) is 0 Å². The van der Waals surface area contributed by atoms with Crippen LogP contribution in [0.4, 0.5) is 4.79 Å². The van der Waals surface area contributed by atoms with Crippen LogP contribution < -0.4 is 5.32 Å². The lowest BCUT2D eigenvalue weighted by Crippen LogP contribution is -2.48. The second-order valence-electron chi connectivity index (χ2n) is 4.98. The molecule has 1 rings (SSSR count). The molecule has 0 aromatic rings. The molecule has 0 aliphatic carbocycles. The fourth-order valence-corrected chi connectivity index (χ4v) is 2.28.